The Morgan fingerprint density at radius 2 is 1.76 bits per heavy atom. The number of hydrogen-bond acceptors (Lipinski definition) is 5. The number of rotatable bonds is 4. The van der Waals surface area contributed by atoms with Crippen LogP contribution in [0.2, 0.25) is 0 Å². The first kappa shape index (κ1) is 15.0. The van der Waals surface area contributed by atoms with E-state index in [0.717, 1.165) is 23.1 Å². The molecule has 0 fully saturated rings. The first-order chi connectivity index (χ1) is 12.2. The molecule has 0 aliphatic carbocycles. The topological polar surface area (TPSA) is 73.8 Å². The van der Waals surface area contributed by atoms with Crippen LogP contribution in [0.4, 0.5) is 0 Å². The van der Waals surface area contributed by atoms with Gasteiger partial charge in [0.1, 0.15) is 6.29 Å². The van der Waals surface area contributed by atoms with Crippen molar-refractivity contribution in [2.45, 2.75) is 0 Å². The number of aromatic nitrogens is 4. The summed E-state index contributed by atoms with van der Waals surface area (Å²) in [7, 11) is 1.88. The molecule has 2 aromatic heterocycles. The van der Waals surface area contributed by atoms with Gasteiger partial charge >= 0.3 is 0 Å². The first-order valence-corrected chi connectivity index (χ1v) is 7.74. The molecule has 6 heteroatoms. The quantitative estimate of drug-likeness (QED) is 0.534. The standard InChI is InChI=1S/C19H14N4O2/c1-23-17(14-5-3-2-4-6-14)11-16(21-23)19-20-18(22-25-19)15-9-7-13(12-24)8-10-15/h2-12H,1H3. The molecule has 0 spiro atoms. The third-order valence-corrected chi connectivity index (χ3v) is 3.90. The van der Waals surface area contributed by atoms with Crippen molar-refractivity contribution in [2.75, 3.05) is 0 Å². The van der Waals surface area contributed by atoms with Crippen molar-refractivity contribution in [2.24, 2.45) is 7.05 Å². The molecule has 0 aliphatic rings. The van der Waals surface area contributed by atoms with Crippen LogP contribution in [0.15, 0.2) is 65.2 Å². The highest BCUT2D eigenvalue weighted by atomic mass is 16.5. The summed E-state index contributed by atoms with van der Waals surface area (Å²) in [5.74, 6) is 0.812. The van der Waals surface area contributed by atoms with Crippen LogP contribution in [-0.2, 0) is 7.05 Å². The lowest BCUT2D eigenvalue weighted by Crippen LogP contribution is -1.93. The fourth-order valence-electron chi connectivity index (χ4n) is 2.61. The Balaban J connectivity index is 1.67. The number of aryl methyl sites for hydroxylation is 1. The summed E-state index contributed by atoms with van der Waals surface area (Å²) in [6.07, 6.45) is 0.796. The Labute approximate surface area is 143 Å². The average molecular weight is 330 g/mol. The summed E-state index contributed by atoms with van der Waals surface area (Å²) in [5.41, 5.74) is 4.02. The molecule has 122 valence electrons. The molecule has 0 radical (unpaired) electrons. The smallest absolute Gasteiger partial charge is 0.278 e. The van der Waals surface area contributed by atoms with E-state index < -0.39 is 0 Å². The van der Waals surface area contributed by atoms with Crippen LogP contribution in [0.1, 0.15) is 10.4 Å². The lowest BCUT2D eigenvalue weighted by molar-refractivity contribution is 0.112. The molecule has 4 rings (SSSR count). The van der Waals surface area contributed by atoms with Crippen molar-refractivity contribution in [1.82, 2.24) is 19.9 Å². The SMILES string of the molecule is Cn1nc(-c2nc(-c3ccc(C=O)cc3)no2)cc1-c1ccccc1. The van der Waals surface area contributed by atoms with Gasteiger partial charge in [-0.05, 0) is 11.6 Å². The van der Waals surface area contributed by atoms with Crippen LogP contribution < -0.4 is 0 Å². The zero-order chi connectivity index (χ0) is 17.2. The van der Waals surface area contributed by atoms with Gasteiger partial charge in [-0.25, -0.2) is 0 Å². The highest BCUT2D eigenvalue weighted by Gasteiger charge is 2.16. The molecule has 0 aliphatic heterocycles. The molecule has 0 unspecified atom stereocenters. The first-order valence-electron chi connectivity index (χ1n) is 7.74. The lowest BCUT2D eigenvalue weighted by Gasteiger charge is -1.99. The van der Waals surface area contributed by atoms with Crippen LogP contribution in [0, 0.1) is 0 Å². The minimum Gasteiger partial charge on any atom is -0.332 e. The molecule has 6 nitrogen and oxygen atoms in total. The van der Waals surface area contributed by atoms with E-state index in [1.165, 1.54) is 0 Å². The molecule has 0 N–H and O–H groups in total. The van der Waals surface area contributed by atoms with Crippen molar-refractivity contribution in [1.29, 1.82) is 0 Å². The predicted molar refractivity (Wildman–Crippen MR) is 92.8 cm³/mol. The summed E-state index contributed by atoms with van der Waals surface area (Å²) >= 11 is 0. The summed E-state index contributed by atoms with van der Waals surface area (Å²) in [4.78, 5) is 15.1. The van der Waals surface area contributed by atoms with Gasteiger partial charge in [-0.15, -0.1) is 0 Å². The molecule has 0 saturated heterocycles. The average Bonchev–Trinajstić information content (AvgIpc) is 3.29. The van der Waals surface area contributed by atoms with Crippen molar-refractivity contribution >= 4 is 6.29 Å². The van der Waals surface area contributed by atoms with Crippen LogP contribution in [0.25, 0.3) is 34.2 Å². The van der Waals surface area contributed by atoms with Gasteiger partial charge in [0.2, 0.25) is 5.82 Å². The Hall–Kier alpha value is -3.54. The minimum absolute atomic E-state index is 0.354. The Morgan fingerprint density at radius 1 is 1.00 bits per heavy atom. The maximum Gasteiger partial charge on any atom is 0.278 e. The predicted octanol–water partition coefficient (Wildman–Crippen LogP) is 3.62. The van der Waals surface area contributed by atoms with Crippen LogP contribution in [-0.4, -0.2) is 26.2 Å². The highest BCUT2D eigenvalue weighted by Crippen LogP contribution is 2.26. The zero-order valence-corrected chi connectivity index (χ0v) is 13.5. The maximum absolute atomic E-state index is 10.7. The van der Waals surface area contributed by atoms with Gasteiger partial charge in [-0.3, -0.25) is 9.48 Å². The van der Waals surface area contributed by atoms with Gasteiger partial charge in [0, 0.05) is 18.2 Å². The van der Waals surface area contributed by atoms with E-state index in [0.29, 0.717) is 23.0 Å². The van der Waals surface area contributed by atoms with Crippen molar-refractivity contribution in [3.63, 3.8) is 0 Å². The van der Waals surface area contributed by atoms with E-state index in [1.807, 2.05) is 43.4 Å². The van der Waals surface area contributed by atoms with Gasteiger partial charge < -0.3 is 4.52 Å². The van der Waals surface area contributed by atoms with Crippen molar-refractivity contribution < 1.29 is 9.32 Å². The second-order valence-corrected chi connectivity index (χ2v) is 5.57. The third kappa shape index (κ3) is 2.85. The highest BCUT2D eigenvalue weighted by molar-refractivity contribution is 5.76. The number of carbonyl (C=O) groups is 1. The minimum atomic E-state index is 0.354. The Kier molecular flexibility index (Phi) is 3.70. The Morgan fingerprint density at radius 3 is 2.48 bits per heavy atom. The van der Waals surface area contributed by atoms with Gasteiger partial charge in [0.25, 0.3) is 5.89 Å². The van der Waals surface area contributed by atoms with E-state index in [9.17, 15) is 4.79 Å². The van der Waals surface area contributed by atoms with Crippen molar-refractivity contribution in [3.8, 4) is 34.2 Å². The monoisotopic (exact) mass is 330 g/mol. The molecule has 0 saturated carbocycles. The molecular formula is C19H14N4O2. The van der Waals surface area contributed by atoms with Gasteiger partial charge in [-0.2, -0.15) is 10.1 Å². The molecule has 0 amide bonds. The van der Waals surface area contributed by atoms with Crippen molar-refractivity contribution in [3.05, 3.63) is 66.2 Å². The third-order valence-electron chi connectivity index (χ3n) is 3.90. The number of aldehydes is 1. The van der Waals surface area contributed by atoms with Gasteiger partial charge in [0.15, 0.2) is 5.69 Å². The lowest BCUT2D eigenvalue weighted by atomic mass is 10.1. The molecule has 25 heavy (non-hydrogen) atoms. The Bertz CT molecular complexity index is 1020. The number of nitrogens with zero attached hydrogens (tertiary/aromatic N) is 4. The molecule has 0 bridgehead atoms. The van der Waals surface area contributed by atoms with E-state index in [4.69, 9.17) is 4.52 Å². The second-order valence-electron chi connectivity index (χ2n) is 5.57. The zero-order valence-electron chi connectivity index (χ0n) is 13.5. The molecule has 2 heterocycles. The second kappa shape index (κ2) is 6.16. The van der Waals surface area contributed by atoms with Crippen LogP contribution in [0.3, 0.4) is 0 Å². The van der Waals surface area contributed by atoms with Gasteiger partial charge in [0.05, 0.1) is 5.69 Å². The maximum atomic E-state index is 10.7. The number of benzene rings is 2. The molecule has 0 atom stereocenters. The van der Waals surface area contributed by atoms with E-state index in [1.54, 1.807) is 28.9 Å². The molecular weight excluding hydrogens is 316 g/mol. The summed E-state index contributed by atoms with van der Waals surface area (Å²) in [5, 5.41) is 8.47. The fourth-order valence-corrected chi connectivity index (χ4v) is 2.61. The largest absolute Gasteiger partial charge is 0.332 e. The summed E-state index contributed by atoms with van der Waals surface area (Å²) < 4.78 is 7.14. The van der Waals surface area contributed by atoms with Crippen LogP contribution >= 0.6 is 0 Å². The normalized spacial score (nSPS) is 10.8. The number of hydrogen-bond donors (Lipinski definition) is 0. The fraction of sp³-hybridized carbons (Fsp3) is 0.0526. The number of carbonyl (C=O) groups excluding carboxylic acids is 1. The summed E-state index contributed by atoms with van der Waals surface area (Å²) in [6.45, 7) is 0. The summed E-state index contributed by atoms with van der Waals surface area (Å²) in [6, 6.07) is 18.9. The van der Waals surface area contributed by atoms with Crippen LogP contribution in [0.5, 0.6) is 0 Å². The van der Waals surface area contributed by atoms with E-state index >= 15 is 0 Å². The van der Waals surface area contributed by atoms with E-state index in [2.05, 4.69) is 15.2 Å². The van der Waals surface area contributed by atoms with E-state index in [-0.39, 0.29) is 0 Å². The van der Waals surface area contributed by atoms with Gasteiger partial charge in [-0.1, -0.05) is 59.8 Å². The molecule has 4 aromatic rings. The molecule has 2 aromatic carbocycles.